The van der Waals surface area contributed by atoms with Crippen LogP contribution in [0.15, 0.2) is 53.1 Å². The molecule has 0 N–H and O–H groups in total. The Morgan fingerprint density at radius 3 is 2.42 bits per heavy atom. The number of halogens is 3. The van der Waals surface area contributed by atoms with Crippen LogP contribution in [0.25, 0.3) is 22.3 Å². The van der Waals surface area contributed by atoms with Crippen molar-refractivity contribution in [1.82, 2.24) is 15.1 Å². The van der Waals surface area contributed by atoms with E-state index < -0.39 is 5.97 Å². The Balaban J connectivity index is 1.27. The van der Waals surface area contributed by atoms with E-state index in [0.29, 0.717) is 65.7 Å². The molecule has 1 saturated carbocycles. The molecule has 1 aliphatic rings. The summed E-state index contributed by atoms with van der Waals surface area (Å²) < 4.78 is 16.8. The fraction of sp³-hybridized carbons (Fsp3) is 0.212. The van der Waals surface area contributed by atoms with Crippen molar-refractivity contribution in [2.24, 2.45) is 0 Å². The summed E-state index contributed by atoms with van der Waals surface area (Å²) in [6.07, 6.45) is 2.06. The van der Waals surface area contributed by atoms with Gasteiger partial charge in [0.2, 0.25) is 0 Å². The first kappa shape index (κ1) is 29.0. The smallest absolute Gasteiger partial charge is 0.340 e. The Bertz CT molecular complexity index is 1950. The van der Waals surface area contributed by atoms with E-state index in [9.17, 15) is 4.79 Å². The molecule has 0 unspecified atom stereocenters. The molecular weight excluding hydrogens is 609 g/mol. The van der Waals surface area contributed by atoms with Gasteiger partial charge in [-0.1, -0.05) is 57.9 Å². The van der Waals surface area contributed by atoms with E-state index in [1.807, 2.05) is 13.8 Å². The van der Waals surface area contributed by atoms with Crippen molar-refractivity contribution in [3.8, 4) is 28.8 Å². The number of aryl methyl sites for hydroxylation is 2. The lowest BCUT2D eigenvalue weighted by molar-refractivity contribution is 0.0602. The molecule has 5 aromatic rings. The summed E-state index contributed by atoms with van der Waals surface area (Å²) >= 11 is 19.6. The molecule has 2 heterocycles. The molecule has 10 heteroatoms. The minimum Gasteiger partial charge on any atom is -0.489 e. The highest BCUT2D eigenvalue weighted by Crippen LogP contribution is 2.46. The highest BCUT2D eigenvalue weighted by molar-refractivity contribution is 6.39. The molecule has 3 aromatic carbocycles. The van der Waals surface area contributed by atoms with Crippen LogP contribution >= 0.6 is 34.8 Å². The summed E-state index contributed by atoms with van der Waals surface area (Å²) in [5, 5.41) is 5.69. The molecule has 0 atom stereocenters. The summed E-state index contributed by atoms with van der Waals surface area (Å²) in [4.78, 5) is 21.6. The predicted octanol–water partition coefficient (Wildman–Crippen LogP) is 8.50. The van der Waals surface area contributed by atoms with E-state index in [-0.39, 0.29) is 6.61 Å². The van der Waals surface area contributed by atoms with Gasteiger partial charge in [-0.2, -0.15) is 0 Å². The lowest BCUT2D eigenvalue weighted by atomic mass is 10.0. The number of carbonyl (C=O) groups is 1. The van der Waals surface area contributed by atoms with Gasteiger partial charge in [0.25, 0.3) is 0 Å². The zero-order valence-corrected chi connectivity index (χ0v) is 25.7. The van der Waals surface area contributed by atoms with Crippen molar-refractivity contribution in [3.63, 3.8) is 0 Å². The van der Waals surface area contributed by atoms with Gasteiger partial charge < -0.3 is 14.0 Å². The molecule has 0 radical (unpaired) electrons. The summed E-state index contributed by atoms with van der Waals surface area (Å²) in [5.41, 5.74) is 5.99. The molecule has 0 bridgehead atoms. The number of ether oxygens (including phenoxy) is 2. The van der Waals surface area contributed by atoms with E-state index in [1.54, 1.807) is 48.5 Å². The topological polar surface area (TPSA) is 87.3 Å². The maximum Gasteiger partial charge on any atom is 0.340 e. The Hall–Kier alpha value is -4.09. The maximum absolute atomic E-state index is 12.5. The number of nitrogens with zero attached hydrogens (tertiary/aromatic N) is 3. The number of esters is 1. The number of methoxy groups -OCH3 is 1. The number of rotatable bonds is 6. The summed E-state index contributed by atoms with van der Waals surface area (Å²) in [6, 6.07) is 14.0. The van der Waals surface area contributed by atoms with Gasteiger partial charge in [0.15, 0.2) is 0 Å². The molecule has 0 spiro atoms. The fourth-order valence-corrected chi connectivity index (χ4v) is 5.49. The van der Waals surface area contributed by atoms with Gasteiger partial charge in [0.05, 0.1) is 50.2 Å². The molecule has 6 rings (SSSR count). The monoisotopic (exact) mass is 631 g/mol. The first-order chi connectivity index (χ1) is 20.7. The number of fused-ring (bicyclic) bond motifs is 1. The molecule has 1 aliphatic carbocycles. The van der Waals surface area contributed by atoms with Gasteiger partial charge >= 0.3 is 5.97 Å². The van der Waals surface area contributed by atoms with Gasteiger partial charge in [0.1, 0.15) is 29.3 Å². The lowest BCUT2D eigenvalue weighted by Crippen LogP contribution is -2.06. The molecule has 7 nitrogen and oxygen atoms in total. The molecule has 1 fully saturated rings. The normalized spacial score (nSPS) is 12.6. The maximum atomic E-state index is 12.5. The Morgan fingerprint density at radius 1 is 0.977 bits per heavy atom. The highest BCUT2D eigenvalue weighted by Gasteiger charge is 2.33. The van der Waals surface area contributed by atoms with Gasteiger partial charge in [-0.15, -0.1) is 0 Å². The third kappa shape index (κ3) is 5.92. The molecule has 216 valence electrons. The van der Waals surface area contributed by atoms with Gasteiger partial charge in [0, 0.05) is 28.7 Å². The number of hydrogen-bond acceptors (Lipinski definition) is 7. The van der Waals surface area contributed by atoms with E-state index in [2.05, 4.69) is 27.0 Å². The van der Waals surface area contributed by atoms with Crippen molar-refractivity contribution in [2.75, 3.05) is 7.11 Å². The number of carbonyl (C=O) groups excluding carboxylic acids is 1. The summed E-state index contributed by atoms with van der Waals surface area (Å²) in [6.45, 7) is 3.91. The van der Waals surface area contributed by atoms with Crippen molar-refractivity contribution < 1.29 is 18.8 Å². The number of aromatic nitrogens is 3. The average molecular weight is 633 g/mol. The van der Waals surface area contributed by atoms with E-state index in [4.69, 9.17) is 48.8 Å². The highest BCUT2D eigenvalue weighted by atomic mass is 35.5. The molecule has 2 aromatic heterocycles. The van der Waals surface area contributed by atoms with Crippen molar-refractivity contribution in [2.45, 2.75) is 39.2 Å². The van der Waals surface area contributed by atoms with Crippen LogP contribution in [0.1, 0.15) is 63.0 Å². The predicted molar refractivity (Wildman–Crippen MR) is 166 cm³/mol. The largest absolute Gasteiger partial charge is 0.489 e. The first-order valence-corrected chi connectivity index (χ1v) is 14.6. The molecule has 43 heavy (non-hydrogen) atoms. The first-order valence-electron chi connectivity index (χ1n) is 13.5. The minimum atomic E-state index is -0.511. The van der Waals surface area contributed by atoms with E-state index in [0.717, 1.165) is 35.6 Å². The van der Waals surface area contributed by atoms with Crippen LogP contribution in [0, 0.1) is 25.7 Å². The second-order valence-electron chi connectivity index (χ2n) is 10.2. The Morgan fingerprint density at radius 2 is 1.72 bits per heavy atom. The molecular formula is C33H24Cl3N3O4. The number of hydrogen-bond donors (Lipinski definition) is 0. The SMILES string of the molecule is COC(=O)c1cc(C#Cc2ccc(OCc3c(-c4c(Cl)cccc4Cl)noc3C3CC3)cc2Cl)cc2nc(C)c(C)nc12. The standard InChI is InChI=1S/C33H24Cl3N3O4/c1-17-18(2)38-30-23(33(40)41-3)13-19(14-28(30)37-17)7-8-20-11-12-22(15-27(20)36)42-16-24-31(39-43-32(24)21-9-10-21)29-25(34)5-4-6-26(29)35/h4-6,11-15,21H,9-10,16H2,1-3H3. The summed E-state index contributed by atoms with van der Waals surface area (Å²) in [7, 11) is 1.33. The number of benzene rings is 3. The molecule has 0 saturated heterocycles. The van der Waals surface area contributed by atoms with E-state index in [1.165, 1.54) is 7.11 Å². The van der Waals surface area contributed by atoms with Crippen LogP contribution in [-0.2, 0) is 11.3 Å². The van der Waals surface area contributed by atoms with Crippen molar-refractivity contribution in [1.29, 1.82) is 0 Å². The lowest BCUT2D eigenvalue weighted by Gasteiger charge is -2.10. The Kier molecular flexibility index (Phi) is 8.02. The van der Waals surface area contributed by atoms with Crippen molar-refractivity contribution in [3.05, 3.63) is 103 Å². The van der Waals surface area contributed by atoms with Gasteiger partial charge in [-0.3, -0.25) is 0 Å². The molecule has 0 aliphatic heterocycles. The minimum absolute atomic E-state index is 0.195. The second-order valence-corrected chi connectivity index (χ2v) is 11.4. The van der Waals surface area contributed by atoms with Crippen molar-refractivity contribution >= 4 is 51.8 Å². The van der Waals surface area contributed by atoms with Crippen LogP contribution in [0.4, 0.5) is 0 Å². The van der Waals surface area contributed by atoms with Gasteiger partial charge in [-0.05, 0) is 63.1 Å². The van der Waals surface area contributed by atoms with Crippen LogP contribution in [0.5, 0.6) is 5.75 Å². The van der Waals surface area contributed by atoms with Crippen LogP contribution in [0.2, 0.25) is 15.1 Å². The van der Waals surface area contributed by atoms with Crippen LogP contribution in [0.3, 0.4) is 0 Å². The molecule has 0 amide bonds. The quantitative estimate of drug-likeness (QED) is 0.137. The average Bonchev–Trinajstić information content (AvgIpc) is 3.75. The van der Waals surface area contributed by atoms with Crippen LogP contribution in [-0.4, -0.2) is 28.2 Å². The third-order valence-corrected chi connectivity index (χ3v) is 8.16. The zero-order chi connectivity index (χ0) is 30.2. The van der Waals surface area contributed by atoms with E-state index >= 15 is 0 Å². The van der Waals surface area contributed by atoms with Gasteiger partial charge in [-0.25, -0.2) is 14.8 Å². The van der Waals surface area contributed by atoms with Crippen LogP contribution < -0.4 is 4.74 Å². The second kappa shape index (κ2) is 11.9. The fourth-order valence-electron chi connectivity index (χ4n) is 4.70. The third-order valence-electron chi connectivity index (χ3n) is 7.22. The zero-order valence-electron chi connectivity index (χ0n) is 23.4. The Labute approximate surface area is 263 Å². The summed E-state index contributed by atoms with van der Waals surface area (Å²) in [5.74, 6) is 7.30.